The number of carboxylic acids is 1. The molecule has 0 aliphatic carbocycles. The Morgan fingerprint density at radius 1 is 1.27 bits per heavy atom. The number of ether oxygens (including phenoxy) is 1. The zero-order chi connectivity index (χ0) is 19.3. The normalized spacial score (nSPS) is 17.8. The maximum absolute atomic E-state index is 12.9. The van der Waals surface area contributed by atoms with Crippen LogP contribution in [-0.4, -0.2) is 58.6 Å². The van der Waals surface area contributed by atoms with Crippen molar-refractivity contribution in [2.45, 2.75) is 45.4 Å². The van der Waals surface area contributed by atoms with Gasteiger partial charge in [-0.3, -0.25) is 9.69 Å². The molecule has 142 valence electrons. The summed E-state index contributed by atoms with van der Waals surface area (Å²) in [5, 5.41) is 9.31. The molecule has 0 bridgehead atoms. The molecule has 1 aliphatic rings. The summed E-state index contributed by atoms with van der Waals surface area (Å²) in [7, 11) is 1.52. The van der Waals surface area contributed by atoms with Crippen LogP contribution in [0.1, 0.15) is 32.3 Å². The van der Waals surface area contributed by atoms with E-state index < -0.39 is 24.1 Å². The van der Waals surface area contributed by atoms with Gasteiger partial charge < -0.3 is 14.7 Å². The molecule has 1 saturated heterocycles. The monoisotopic (exact) mass is 362 g/mol. The van der Waals surface area contributed by atoms with E-state index in [0.29, 0.717) is 19.4 Å². The number of carboxylic acid groups (broad SMARTS) is 1. The van der Waals surface area contributed by atoms with Crippen molar-refractivity contribution in [3.8, 4) is 0 Å². The Balaban J connectivity index is 2.06. The number of benzene rings is 1. The number of hydrogen-bond acceptors (Lipinski definition) is 4. The third-order valence-electron chi connectivity index (χ3n) is 4.62. The molecule has 1 N–H and O–H groups in total. The molecule has 1 aromatic rings. The van der Waals surface area contributed by atoms with E-state index in [1.807, 2.05) is 44.2 Å². The quantitative estimate of drug-likeness (QED) is 0.839. The highest BCUT2D eigenvalue weighted by molar-refractivity contribution is 5.89. The Labute approximate surface area is 153 Å². The molecule has 7 nitrogen and oxygen atoms in total. The average Bonchev–Trinajstić information content (AvgIpc) is 3.10. The van der Waals surface area contributed by atoms with Crippen LogP contribution < -0.4 is 0 Å². The van der Waals surface area contributed by atoms with Crippen molar-refractivity contribution in [1.29, 1.82) is 0 Å². The smallest absolute Gasteiger partial charge is 0.410 e. The first-order valence-corrected chi connectivity index (χ1v) is 8.79. The fourth-order valence-corrected chi connectivity index (χ4v) is 3.29. The van der Waals surface area contributed by atoms with E-state index in [9.17, 15) is 19.5 Å². The van der Waals surface area contributed by atoms with Crippen LogP contribution in [0, 0.1) is 5.92 Å². The van der Waals surface area contributed by atoms with Gasteiger partial charge in [0.2, 0.25) is 5.91 Å². The van der Waals surface area contributed by atoms with Crippen LogP contribution in [0.3, 0.4) is 0 Å². The number of likely N-dealkylation sites (tertiary alicyclic amines) is 1. The Morgan fingerprint density at radius 3 is 2.50 bits per heavy atom. The molecule has 1 aliphatic heterocycles. The van der Waals surface area contributed by atoms with Crippen molar-refractivity contribution in [3.63, 3.8) is 0 Å². The van der Waals surface area contributed by atoms with Crippen molar-refractivity contribution in [2.24, 2.45) is 5.92 Å². The van der Waals surface area contributed by atoms with Crippen LogP contribution in [0.2, 0.25) is 0 Å². The maximum Gasteiger partial charge on any atom is 0.410 e. The summed E-state index contributed by atoms with van der Waals surface area (Å²) in [5.41, 5.74) is 0.854. The second kappa shape index (κ2) is 8.69. The van der Waals surface area contributed by atoms with Gasteiger partial charge in [-0.2, -0.15) is 0 Å². The lowest BCUT2D eigenvalue weighted by Gasteiger charge is -2.34. The predicted molar refractivity (Wildman–Crippen MR) is 95.4 cm³/mol. The van der Waals surface area contributed by atoms with Gasteiger partial charge in [0.25, 0.3) is 0 Å². The topological polar surface area (TPSA) is 87.2 Å². The Morgan fingerprint density at radius 2 is 1.92 bits per heavy atom. The minimum absolute atomic E-state index is 0.116. The van der Waals surface area contributed by atoms with Gasteiger partial charge in [0.05, 0.1) is 0 Å². The van der Waals surface area contributed by atoms with Crippen LogP contribution in [0.4, 0.5) is 4.79 Å². The minimum atomic E-state index is -1.01. The predicted octanol–water partition coefficient (Wildman–Crippen LogP) is 2.36. The van der Waals surface area contributed by atoms with Crippen molar-refractivity contribution in [2.75, 3.05) is 13.6 Å². The number of carbonyl (C=O) groups excluding carboxylic acids is 2. The summed E-state index contributed by atoms with van der Waals surface area (Å²) >= 11 is 0. The third kappa shape index (κ3) is 4.53. The van der Waals surface area contributed by atoms with Crippen molar-refractivity contribution < 1.29 is 24.2 Å². The number of likely N-dealkylation sites (N-methyl/N-ethyl adjacent to an activating group) is 1. The van der Waals surface area contributed by atoms with E-state index in [0.717, 1.165) is 5.56 Å². The molecule has 7 heteroatoms. The zero-order valence-corrected chi connectivity index (χ0v) is 15.4. The summed E-state index contributed by atoms with van der Waals surface area (Å²) in [6.07, 6.45) is 0.482. The fraction of sp³-hybridized carbons (Fsp3) is 0.526. The molecule has 1 fully saturated rings. The summed E-state index contributed by atoms with van der Waals surface area (Å²) in [4.78, 5) is 39.4. The number of carbonyl (C=O) groups is 3. The SMILES string of the molecule is CC(C)C(C(=O)N1CCC[C@H]1C(=O)O)N(C)C(=O)OCc1ccccc1. The first-order chi connectivity index (χ1) is 12.3. The number of rotatable bonds is 6. The molecule has 2 atom stereocenters. The third-order valence-corrected chi connectivity index (χ3v) is 4.62. The van der Waals surface area contributed by atoms with Gasteiger partial charge in [-0.15, -0.1) is 0 Å². The van der Waals surface area contributed by atoms with Crippen LogP contribution in [-0.2, 0) is 20.9 Å². The van der Waals surface area contributed by atoms with Crippen molar-refractivity contribution in [3.05, 3.63) is 35.9 Å². The zero-order valence-electron chi connectivity index (χ0n) is 15.4. The lowest BCUT2D eigenvalue weighted by atomic mass is 10.0. The highest BCUT2D eigenvalue weighted by atomic mass is 16.6. The van der Waals surface area contributed by atoms with Gasteiger partial charge in [0, 0.05) is 13.6 Å². The highest BCUT2D eigenvalue weighted by Crippen LogP contribution is 2.22. The molecule has 1 unspecified atom stereocenters. The van der Waals surface area contributed by atoms with Gasteiger partial charge in [0.1, 0.15) is 18.7 Å². The van der Waals surface area contributed by atoms with E-state index in [1.165, 1.54) is 16.8 Å². The van der Waals surface area contributed by atoms with E-state index in [1.54, 1.807) is 0 Å². The molecule has 0 saturated carbocycles. The second-order valence-electron chi connectivity index (χ2n) is 6.87. The molecule has 0 spiro atoms. The molecule has 1 aromatic carbocycles. The summed E-state index contributed by atoms with van der Waals surface area (Å²) in [6, 6.07) is 7.69. The molecular weight excluding hydrogens is 336 g/mol. The number of nitrogens with zero attached hydrogens (tertiary/aromatic N) is 2. The second-order valence-corrected chi connectivity index (χ2v) is 6.87. The van der Waals surface area contributed by atoms with E-state index in [-0.39, 0.29) is 18.4 Å². The highest BCUT2D eigenvalue weighted by Gasteiger charge is 2.40. The summed E-state index contributed by atoms with van der Waals surface area (Å²) in [6.45, 7) is 4.17. The standard InChI is InChI=1S/C19H26N2O5/c1-13(2)16(17(22)21-11-7-10-15(21)18(23)24)20(3)19(25)26-12-14-8-5-4-6-9-14/h4-6,8-9,13,15-16H,7,10-12H2,1-3H3,(H,23,24)/t15-,16?/m0/s1. The summed E-state index contributed by atoms with van der Waals surface area (Å²) < 4.78 is 5.31. The Bertz CT molecular complexity index is 647. The Hall–Kier alpha value is -2.57. The first-order valence-electron chi connectivity index (χ1n) is 8.79. The Kier molecular flexibility index (Phi) is 6.60. The van der Waals surface area contributed by atoms with Crippen LogP contribution in [0.15, 0.2) is 30.3 Å². The van der Waals surface area contributed by atoms with Crippen molar-refractivity contribution >= 4 is 18.0 Å². The first kappa shape index (κ1) is 19.8. The molecule has 1 heterocycles. The van der Waals surface area contributed by atoms with E-state index in [2.05, 4.69) is 0 Å². The number of hydrogen-bond donors (Lipinski definition) is 1. The number of aliphatic carboxylic acids is 1. The largest absolute Gasteiger partial charge is 0.480 e. The van der Waals surface area contributed by atoms with Gasteiger partial charge in [-0.1, -0.05) is 44.2 Å². The molecule has 26 heavy (non-hydrogen) atoms. The summed E-state index contributed by atoms with van der Waals surface area (Å²) in [5.74, 6) is -1.52. The van der Waals surface area contributed by atoms with E-state index in [4.69, 9.17) is 4.74 Å². The minimum Gasteiger partial charge on any atom is -0.480 e. The van der Waals surface area contributed by atoms with Crippen molar-refractivity contribution in [1.82, 2.24) is 9.80 Å². The van der Waals surface area contributed by atoms with Crippen LogP contribution >= 0.6 is 0 Å². The van der Waals surface area contributed by atoms with E-state index >= 15 is 0 Å². The van der Waals surface area contributed by atoms with Gasteiger partial charge in [0.15, 0.2) is 0 Å². The lowest BCUT2D eigenvalue weighted by molar-refractivity contribution is -0.150. The number of amides is 2. The average molecular weight is 362 g/mol. The van der Waals surface area contributed by atoms with Crippen LogP contribution in [0.25, 0.3) is 0 Å². The maximum atomic E-state index is 12.9. The van der Waals surface area contributed by atoms with Crippen LogP contribution in [0.5, 0.6) is 0 Å². The lowest BCUT2D eigenvalue weighted by Crippen LogP contribution is -2.54. The van der Waals surface area contributed by atoms with Gasteiger partial charge >= 0.3 is 12.1 Å². The van der Waals surface area contributed by atoms with Gasteiger partial charge in [-0.25, -0.2) is 9.59 Å². The van der Waals surface area contributed by atoms with Gasteiger partial charge in [-0.05, 0) is 24.3 Å². The molecule has 0 aromatic heterocycles. The molecule has 2 rings (SSSR count). The molecule has 2 amide bonds. The fourth-order valence-electron chi connectivity index (χ4n) is 3.29. The molecular formula is C19H26N2O5. The molecule has 0 radical (unpaired) electrons.